The number of piperidine rings is 1. The van der Waals surface area contributed by atoms with Crippen LogP contribution in [0.5, 0.6) is 0 Å². The Morgan fingerprint density at radius 2 is 1.94 bits per heavy atom. The zero-order valence-corrected chi connectivity index (χ0v) is 12.4. The molecule has 1 saturated heterocycles. The number of nitrogens with zero attached hydrogens (tertiary/aromatic N) is 1. The number of hydrogen-bond acceptors (Lipinski definition) is 2. The minimum atomic E-state index is 0.0198. The Hall–Kier alpha value is -0.670. The first-order chi connectivity index (χ1) is 8.39. The van der Waals surface area contributed by atoms with E-state index in [1.54, 1.807) is 18.2 Å². The van der Waals surface area contributed by atoms with E-state index < -0.39 is 0 Å². The first-order valence-electron chi connectivity index (χ1n) is 6.17. The molecule has 0 radical (unpaired) electrons. The number of halogens is 1. The van der Waals surface area contributed by atoms with Crippen LogP contribution in [-0.4, -0.2) is 23.9 Å². The van der Waals surface area contributed by atoms with E-state index in [9.17, 15) is 4.79 Å². The Morgan fingerprint density at radius 3 is 2.56 bits per heavy atom. The summed E-state index contributed by atoms with van der Waals surface area (Å²) < 4.78 is 0. The molecule has 1 aliphatic rings. The van der Waals surface area contributed by atoms with Crippen LogP contribution in [0.4, 0.5) is 0 Å². The van der Waals surface area contributed by atoms with Gasteiger partial charge < -0.3 is 4.90 Å². The zero-order chi connectivity index (χ0) is 13.3. The van der Waals surface area contributed by atoms with E-state index in [0.717, 1.165) is 30.8 Å². The van der Waals surface area contributed by atoms with Crippen molar-refractivity contribution in [2.45, 2.75) is 31.6 Å². The molecule has 1 aromatic carbocycles. The molecule has 18 heavy (non-hydrogen) atoms. The largest absolute Gasteiger partial charge is 0.339 e. The normalized spacial score (nSPS) is 18.8. The molecular weight excluding hydrogens is 266 g/mol. The van der Waals surface area contributed by atoms with Crippen molar-refractivity contribution >= 4 is 30.1 Å². The van der Waals surface area contributed by atoms with Crippen molar-refractivity contribution in [2.24, 2.45) is 5.41 Å². The lowest BCUT2D eigenvalue weighted by Gasteiger charge is -2.37. The van der Waals surface area contributed by atoms with Gasteiger partial charge in [0.1, 0.15) is 0 Å². The second-order valence-corrected chi connectivity index (χ2v) is 6.54. The van der Waals surface area contributed by atoms with Crippen molar-refractivity contribution in [3.8, 4) is 0 Å². The Morgan fingerprint density at radius 1 is 1.33 bits per heavy atom. The van der Waals surface area contributed by atoms with Gasteiger partial charge in [-0.05, 0) is 36.5 Å². The molecule has 0 saturated carbocycles. The van der Waals surface area contributed by atoms with E-state index in [1.165, 1.54) is 0 Å². The third-order valence-electron chi connectivity index (χ3n) is 3.58. The third kappa shape index (κ3) is 3.01. The van der Waals surface area contributed by atoms with Crippen LogP contribution in [0.1, 0.15) is 37.0 Å². The molecule has 0 aliphatic carbocycles. The second kappa shape index (κ2) is 5.14. The highest BCUT2D eigenvalue weighted by molar-refractivity contribution is 7.80. The fourth-order valence-corrected chi connectivity index (χ4v) is 2.56. The highest BCUT2D eigenvalue weighted by Crippen LogP contribution is 2.31. The summed E-state index contributed by atoms with van der Waals surface area (Å²) in [5, 5.41) is 0.502. The van der Waals surface area contributed by atoms with E-state index in [4.69, 9.17) is 11.6 Å². The van der Waals surface area contributed by atoms with Crippen LogP contribution >= 0.6 is 24.2 Å². The van der Waals surface area contributed by atoms with E-state index in [2.05, 4.69) is 26.5 Å². The summed E-state index contributed by atoms with van der Waals surface area (Å²) in [4.78, 5) is 15.0. The van der Waals surface area contributed by atoms with E-state index in [-0.39, 0.29) is 5.91 Å². The lowest BCUT2D eigenvalue weighted by atomic mass is 9.82. The minimum Gasteiger partial charge on any atom is -0.339 e. The minimum absolute atomic E-state index is 0.0198. The van der Waals surface area contributed by atoms with Crippen molar-refractivity contribution in [2.75, 3.05) is 13.1 Å². The zero-order valence-electron chi connectivity index (χ0n) is 10.7. The standard InChI is InChI=1S/C14H18ClNOS/c1-14(2)5-7-16(8-6-14)13(17)11-9-10(18)3-4-12(11)15/h3-4,9,18H,5-8H2,1-2H3. The topological polar surface area (TPSA) is 20.3 Å². The molecule has 1 heterocycles. The van der Waals surface area contributed by atoms with Gasteiger partial charge in [-0.15, -0.1) is 12.6 Å². The Labute approximate surface area is 119 Å². The van der Waals surface area contributed by atoms with Gasteiger partial charge in [-0.1, -0.05) is 25.4 Å². The van der Waals surface area contributed by atoms with Crippen molar-refractivity contribution in [1.82, 2.24) is 4.90 Å². The molecule has 4 heteroatoms. The maximum absolute atomic E-state index is 12.4. The molecule has 98 valence electrons. The van der Waals surface area contributed by atoms with Gasteiger partial charge in [0.2, 0.25) is 0 Å². The highest BCUT2D eigenvalue weighted by Gasteiger charge is 2.29. The predicted molar refractivity (Wildman–Crippen MR) is 77.6 cm³/mol. The molecule has 2 nitrogen and oxygen atoms in total. The van der Waals surface area contributed by atoms with Gasteiger partial charge in [0, 0.05) is 18.0 Å². The number of thiol groups is 1. The maximum Gasteiger partial charge on any atom is 0.255 e. The van der Waals surface area contributed by atoms with E-state index >= 15 is 0 Å². The number of amides is 1. The van der Waals surface area contributed by atoms with Crippen LogP contribution in [0.15, 0.2) is 23.1 Å². The predicted octanol–water partition coefficient (Wildman–Crippen LogP) is 3.89. The molecular formula is C14H18ClNOS. The van der Waals surface area contributed by atoms with Crippen LogP contribution in [0.25, 0.3) is 0 Å². The molecule has 0 aromatic heterocycles. The number of carbonyl (C=O) groups is 1. The third-order valence-corrected chi connectivity index (χ3v) is 4.19. The summed E-state index contributed by atoms with van der Waals surface area (Å²) in [6, 6.07) is 5.26. The summed E-state index contributed by atoms with van der Waals surface area (Å²) >= 11 is 10.3. The summed E-state index contributed by atoms with van der Waals surface area (Å²) in [5.41, 5.74) is 0.898. The molecule has 1 fully saturated rings. The van der Waals surface area contributed by atoms with Crippen LogP contribution in [0, 0.1) is 5.41 Å². The van der Waals surface area contributed by atoms with Crippen molar-refractivity contribution in [1.29, 1.82) is 0 Å². The van der Waals surface area contributed by atoms with Gasteiger partial charge in [-0.2, -0.15) is 0 Å². The quantitative estimate of drug-likeness (QED) is 0.775. The lowest BCUT2D eigenvalue weighted by Crippen LogP contribution is -2.41. The summed E-state index contributed by atoms with van der Waals surface area (Å²) in [7, 11) is 0. The van der Waals surface area contributed by atoms with Gasteiger partial charge >= 0.3 is 0 Å². The number of hydrogen-bond donors (Lipinski definition) is 1. The highest BCUT2D eigenvalue weighted by atomic mass is 35.5. The van der Waals surface area contributed by atoms with Gasteiger partial charge in [-0.3, -0.25) is 4.79 Å². The molecule has 1 aromatic rings. The summed E-state index contributed by atoms with van der Waals surface area (Å²) in [6.07, 6.45) is 2.08. The van der Waals surface area contributed by atoms with Gasteiger partial charge in [0.15, 0.2) is 0 Å². The molecule has 1 amide bonds. The number of rotatable bonds is 1. The summed E-state index contributed by atoms with van der Waals surface area (Å²) in [5.74, 6) is 0.0198. The molecule has 0 spiro atoms. The molecule has 2 rings (SSSR count). The summed E-state index contributed by atoms with van der Waals surface area (Å²) in [6.45, 7) is 6.10. The lowest BCUT2D eigenvalue weighted by molar-refractivity contribution is 0.0630. The average molecular weight is 284 g/mol. The second-order valence-electron chi connectivity index (χ2n) is 5.62. The Bertz CT molecular complexity index is 463. The van der Waals surface area contributed by atoms with Gasteiger partial charge in [0.05, 0.1) is 10.6 Å². The number of benzene rings is 1. The molecule has 0 atom stereocenters. The van der Waals surface area contributed by atoms with Crippen LogP contribution in [-0.2, 0) is 0 Å². The SMILES string of the molecule is CC1(C)CCN(C(=O)c2cc(S)ccc2Cl)CC1. The maximum atomic E-state index is 12.4. The smallest absolute Gasteiger partial charge is 0.255 e. The number of likely N-dealkylation sites (tertiary alicyclic amines) is 1. The molecule has 0 bridgehead atoms. The molecule has 1 aliphatic heterocycles. The van der Waals surface area contributed by atoms with E-state index in [0.29, 0.717) is 16.0 Å². The fourth-order valence-electron chi connectivity index (χ4n) is 2.16. The first-order valence-corrected chi connectivity index (χ1v) is 6.99. The first kappa shape index (κ1) is 13.8. The van der Waals surface area contributed by atoms with E-state index in [1.807, 2.05) is 4.90 Å². The van der Waals surface area contributed by atoms with Gasteiger partial charge in [0.25, 0.3) is 5.91 Å². The Kier molecular flexibility index (Phi) is 3.93. The number of carbonyl (C=O) groups excluding carboxylic acids is 1. The Balaban J connectivity index is 2.15. The van der Waals surface area contributed by atoms with Crippen molar-refractivity contribution < 1.29 is 4.79 Å². The van der Waals surface area contributed by atoms with Crippen molar-refractivity contribution in [3.63, 3.8) is 0 Å². The van der Waals surface area contributed by atoms with Crippen LogP contribution < -0.4 is 0 Å². The van der Waals surface area contributed by atoms with Crippen LogP contribution in [0.3, 0.4) is 0 Å². The fraction of sp³-hybridized carbons (Fsp3) is 0.500. The average Bonchev–Trinajstić information content (AvgIpc) is 2.31. The monoisotopic (exact) mass is 283 g/mol. The van der Waals surface area contributed by atoms with Gasteiger partial charge in [-0.25, -0.2) is 0 Å². The molecule has 0 N–H and O–H groups in total. The van der Waals surface area contributed by atoms with Crippen LogP contribution in [0.2, 0.25) is 5.02 Å². The van der Waals surface area contributed by atoms with Crippen molar-refractivity contribution in [3.05, 3.63) is 28.8 Å². The molecule has 0 unspecified atom stereocenters.